The summed E-state index contributed by atoms with van der Waals surface area (Å²) in [6.07, 6.45) is 1.62. The number of hydrogen-bond acceptors (Lipinski definition) is 4. The van der Waals surface area contributed by atoms with Gasteiger partial charge in [-0.25, -0.2) is 4.98 Å². The van der Waals surface area contributed by atoms with Crippen LogP contribution in [0.25, 0.3) is 16.0 Å². The van der Waals surface area contributed by atoms with Crippen LogP contribution < -0.4 is 11.1 Å². The van der Waals surface area contributed by atoms with Crippen LogP contribution in [-0.2, 0) is 0 Å². The summed E-state index contributed by atoms with van der Waals surface area (Å²) in [7, 11) is 0. The van der Waals surface area contributed by atoms with Gasteiger partial charge in [0.1, 0.15) is 10.5 Å². The number of nitrogens with zero attached hydrogens (tertiary/aromatic N) is 2. The van der Waals surface area contributed by atoms with E-state index in [0.717, 1.165) is 21.3 Å². The Kier molecular flexibility index (Phi) is 4.86. The van der Waals surface area contributed by atoms with Gasteiger partial charge in [-0.3, -0.25) is 14.2 Å². The Bertz CT molecular complexity index is 1280. The van der Waals surface area contributed by atoms with Crippen molar-refractivity contribution in [1.82, 2.24) is 9.55 Å². The Hall–Kier alpha value is -3.16. The zero-order valence-electron chi connectivity index (χ0n) is 15.7. The van der Waals surface area contributed by atoms with Gasteiger partial charge in [-0.15, -0.1) is 11.3 Å². The largest absolute Gasteiger partial charge is 0.366 e. The lowest BCUT2D eigenvalue weighted by Crippen LogP contribution is -2.21. The SMILES string of the molecule is Cc1cc(C)c(NC(=O)c2cc3ccsc3n2-c2ncccc2Cl)c(C(N)=O)c1. The lowest BCUT2D eigenvalue weighted by atomic mass is 10.0. The van der Waals surface area contributed by atoms with Gasteiger partial charge < -0.3 is 11.1 Å². The number of fused-ring (bicyclic) bond motifs is 1. The molecule has 3 aromatic heterocycles. The van der Waals surface area contributed by atoms with E-state index < -0.39 is 5.91 Å². The highest BCUT2D eigenvalue weighted by atomic mass is 35.5. The first-order valence-corrected chi connectivity index (χ1v) is 10.0. The fraction of sp³-hybridized carbons (Fsp3) is 0.0952. The number of aryl methyl sites for hydroxylation is 2. The Morgan fingerprint density at radius 2 is 2.00 bits per heavy atom. The van der Waals surface area contributed by atoms with Gasteiger partial charge in [-0.2, -0.15) is 0 Å². The normalized spacial score (nSPS) is 11.0. The molecule has 0 unspecified atom stereocenters. The molecule has 146 valence electrons. The zero-order chi connectivity index (χ0) is 20.7. The number of carbonyl (C=O) groups excluding carboxylic acids is 2. The number of carbonyl (C=O) groups is 2. The first-order valence-electron chi connectivity index (χ1n) is 8.79. The molecule has 0 aliphatic carbocycles. The maximum absolute atomic E-state index is 13.2. The van der Waals surface area contributed by atoms with Crippen molar-refractivity contribution in [3.63, 3.8) is 0 Å². The molecular formula is C21H17ClN4O2S. The summed E-state index contributed by atoms with van der Waals surface area (Å²) in [5, 5.41) is 6.12. The molecule has 4 rings (SSSR count). The number of rotatable bonds is 4. The molecule has 0 bridgehead atoms. The van der Waals surface area contributed by atoms with Gasteiger partial charge in [0.25, 0.3) is 11.8 Å². The minimum Gasteiger partial charge on any atom is -0.366 e. The van der Waals surface area contributed by atoms with Crippen molar-refractivity contribution in [1.29, 1.82) is 0 Å². The van der Waals surface area contributed by atoms with Gasteiger partial charge in [0.15, 0.2) is 5.82 Å². The summed E-state index contributed by atoms with van der Waals surface area (Å²) < 4.78 is 1.73. The summed E-state index contributed by atoms with van der Waals surface area (Å²) >= 11 is 7.84. The molecule has 3 N–H and O–H groups in total. The highest BCUT2D eigenvalue weighted by Gasteiger charge is 2.22. The first-order chi connectivity index (χ1) is 13.9. The number of amides is 2. The molecule has 0 aliphatic rings. The maximum Gasteiger partial charge on any atom is 0.272 e. The Morgan fingerprint density at radius 3 is 2.72 bits per heavy atom. The predicted octanol–water partition coefficient (Wildman–Crippen LogP) is 4.71. The molecule has 4 aromatic rings. The molecule has 0 fully saturated rings. The van der Waals surface area contributed by atoms with Gasteiger partial charge in [0.05, 0.1) is 16.3 Å². The third-order valence-corrected chi connectivity index (χ3v) is 5.79. The van der Waals surface area contributed by atoms with Crippen LogP contribution in [0, 0.1) is 13.8 Å². The number of nitrogens with one attached hydrogen (secondary N) is 1. The minimum absolute atomic E-state index is 0.270. The third-order valence-electron chi connectivity index (χ3n) is 4.58. The Labute approximate surface area is 175 Å². The molecule has 2 amide bonds. The number of halogens is 1. The predicted molar refractivity (Wildman–Crippen MR) is 116 cm³/mol. The monoisotopic (exact) mass is 424 g/mol. The van der Waals surface area contributed by atoms with Crippen molar-refractivity contribution in [2.45, 2.75) is 13.8 Å². The van der Waals surface area contributed by atoms with Crippen LogP contribution in [0.1, 0.15) is 32.0 Å². The summed E-state index contributed by atoms with van der Waals surface area (Å²) in [5.74, 6) is -0.520. The van der Waals surface area contributed by atoms with E-state index in [4.69, 9.17) is 17.3 Å². The van der Waals surface area contributed by atoms with Crippen molar-refractivity contribution in [3.8, 4) is 5.82 Å². The van der Waals surface area contributed by atoms with E-state index in [-0.39, 0.29) is 11.5 Å². The fourth-order valence-corrected chi connectivity index (χ4v) is 4.45. The van der Waals surface area contributed by atoms with E-state index in [9.17, 15) is 9.59 Å². The van der Waals surface area contributed by atoms with E-state index in [2.05, 4.69) is 10.3 Å². The maximum atomic E-state index is 13.2. The van der Waals surface area contributed by atoms with Crippen LogP contribution in [0.4, 0.5) is 5.69 Å². The van der Waals surface area contributed by atoms with E-state index in [0.29, 0.717) is 22.2 Å². The smallest absolute Gasteiger partial charge is 0.272 e. The van der Waals surface area contributed by atoms with Gasteiger partial charge in [0.2, 0.25) is 0 Å². The van der Waals surface area contributed by atoms with Crippen LogP contribution >= 0.6 is 22.9 Å². The first kappa shape index (κ1) is 19.2. The molecule has 3 heterocycles. The molecule has 0 saturated heterocycles. The van der Waals surface area contributed by atoms with Crippen LogP contribution in [0.15, 0.2) is 48.0 Å². The van der Waals surface area contributed by atoms with Crippen LogP contribution in [0.5, 0.6) is 0 Å². The van der Waals surface area contributed by atoms with E-state index in [1.165, 1.54) is 11.3 Å². The molecule has 0 saturated carbocycles. The molecule has 6 nitrogen and oxygen atoms in total. The molecule has 0 radical (unpaired) electrons. The van der Waals surface area contributed by atoms with Gasteiger partial charge in [-0.05, 0) is 60.7 Å². The average Bonchev–Trinajstić information content (AvgIpc) is 3.25. The minimum atomic E-state index is -0.601. The van der Waals surface area contributed by atoms with E-state index in [1.54, 1.807) is 35.0 Å². The van der Waals surface area contributed by atoms with E-state index >= 15 is 0 Å². The molecule has 1 aromatic carbocycles. The number of benzene rings is 1. The van der Waals surface area contributed by atoms with Crippen LogP contribution in [-0.4, -0.2) is 21.4 Å². The van der Waals surface area contributed by atoms with Crippen molar-refractivity contribution in [2.24, 2.45) is 5.73 Å². The summed E-state index contributed by atoms with van der Waals surface area (Å²) in [4.78, 5) is 30.4. The second-order valence-electron chi connectivity index (χ2n) is 6.68. The molecule has 8 heteroatoms. The van der Waals surface area contributed by atoms with Crippen molar-refractivity contribution in [2.75, 3.05) is 5.32 Å². The van der Waals surface area contributed by atoms with Gasteiger partial charge in [-0.1, -0.05) is 17.7 Å². The van der Waals surface area contributed by atoms with Crippen LogP contribution in [0.2, 0.25) is 5.02 Å². The lowest BCUT2D eigenvalue weighted by molar-refractivity contribution is 0.100. The van der Waals surface area contributed by atoms with Gasteiger partial charge >= 0.3 is 0 Å². The number of aromatic nitrogens is 2. The molecule has 0 aliphatic heterocycles. The quantitative estimate of drug-likeness (QED) is 0.497. The van der Waals surface area contributed by atoms with Crippen LogP contribution in [0.3, 0.4) is 0 Å². The Balaban J connectivity index is 1.84. The molecular weight excluding hydrogens is 408 g/mol. The number of thiophene rings is 1. The average molecular weight is 425 g/mol. The van der Waals surface area contributed by atoms with Crippen molar-refractivity contribution < 1.29 is 9.59 Å². The number of primary amides is 1. The van der Waals surface area contributed by atoms with Crippen molar-refractivity contribution >= 4 is 50.7 Å². The summed E-state index contributed by atoms with van der Waals surface area (Å²) in [6.45, 7) is 3.69. The van der Waals surface area contributed by atoms with Crippen molar-refractivity contribution in [3.05, 3.63) is 75.4 Å². The topological polar surface area (TPSA) is 90.0 Å². The number of hydrogen-bond donors (Lipinski definition) is 2. The summed E-state index contributed by atoms with van der Waals surface area (Å²) in [5.41, 5.74) is 8.20. The second-order valence-corrected chi connectivity index (χ2v) is 7.98. The highest BCUT2D eigenvalue weighted by molar-refractivity contribution is 7.16. The highest BCUT2D eigenvalue weighted by Crippen LogP contribution is 2.32. The summed E-state index contributed by atoms with van der Waals surface area (Å²) in [6, 6.07) is 10.7. The number of anilines is 1. The number of nitrogens with two attached hydrogens (primary N) is 1. The second kappa shape index (κ2) is 7.35. The third kappa shape index (κ3) is 3.39. The van der Waals surface area contributed by atoms with E-state index in [1.807, 2.05) is 31.4 Å². The molecule has 29 heavy (non-hydrogen) atoms. The lowest BCUT2D eigenvalue weighted by Gasteiger charge is -2.15. The molecule has 0 atom stereocenters. The number of pyridine rings is 1. The standard InChI is InChI=1S/C21H17ClN4O2S/c1-11-8-12(2)17(14(9-11)18(23)27)25-20(28)16-10-13-5-7-29-21(13)26(16)19-15(22)4-3-6-24-19/h3-10H,1-2H3,(H2,23,27)(H,25,28). The Morgan fingerprint density at radius 1 is 1.21 bits per heavy atom. The fourth-order valence-electron chi connectivity index (χ4n) is 3.35. The van der Waals surface area contributed by atoms with Gasteiger partial charge in [0, 0.05) is 11.6 Å². The zero-order valence-corrected chi connectivity index (χ0v) is 17.3. The molecule has 0 spiro atoms.